The van der Waals surface area contributed by atoms with E-state index >= 15 is 0 Å². The summed E-state index contributed by atoms with van der Waals surface area (Å²) < 4.78 is 3.27. The van der Waals surface area contributed by atoms with Crippen molar-refractivity contribution < 1.29 is 9.90 Å². The van der Waals surface area contributed by atoms with Crippen LogP contribution in [0.25, 0.3) is 11.1 Å². The lowest BCUT2D eigenvalue weighted by molar-refractivity contribution is 0.0697. The molecular formula is C24H27N3O3. The van der Waals surface area contributed by atoms with Crippen molar-refractivity contribution in [3.05, 3.63) is 88.1 Å². The van der Waals surface area contributed by atoms with Crippen LogP contribution in [0.2, 0.25) is 0 Å². The van der Waals surface area contributed by atoms with Crippen LogP contribution in [0.15, 0.2) is 65.5 Å². The van der Waals surface area contributed by atoms with Crippen molar-refractivity contribution in [2.75, 3.05) is 0 Å². The first kappa shape index (κ1) is 21.3. The topological polar surface area (TPSA) is 77.1 Å². The van der Waals surface area contributed by atoms with E-state index in [9.17, 15) is 14.7 Å². The van der Waals surface area contributed by atoms with E-state index in [1.807, 2.05) is 49.4 Å². The predicted octanol–water partition coefficient (Wildman–Crippen LogP) is 4.38. The molecule has 156 valence electrons. The molecule has 0 aliphatic heterocycles. The molecule has 3 rings (SSSR count). The third-order valence-electron chi connectivity index (χ3n) is 5.02. The van der Waals surface area contributed by atoms with Gasteiger partial charge in [-0.3, -0.25) is 4.57 Å². The summed E-state index contributed by atoms with van der Waals surface area (Å²) in [4.78, 5) is 24.3. The van der Waals surface area contributed by atoms with Crippen molar-refractivity contribution in [1.29, 1.82) is 0 Å². The van der Waals surface area contributed by atoms with Crippen molar-refractivity contribution in [3.63, 3.8) is 0 Å². The number of carbonyl (C=O) groups is 1. The molecule has 0 atom stereocenters. The van der Waals surface area contributed by atoms with Gasteiger partial charge in [0, 0.05) is 13.0 Å². The summed E-state index contributed by atoms with van der Waals surface area (Å²) in [5, 5.41) is 13.9. The molecule has 30 heavy (non-hydrogen) atoms. The number of hydrogen-bond donors (Lipinski definition) is 1. The Morgan fingerprint density at radius 1 is 1.13 bits per heavy atom. The normalized spacial score (nSPS) is 11.3. The number of benzene rings is 2. The molecule has 2 aromatic carbocycles. The van der Waals surface area contributed by atoms with E-state index < -0.39 is 5.97 Å². The summed E-state index contributed by atoms with van der Waals surface area (Å²) in [5.74, 6) is -0.205. The van der Waals surface area contributed by atoms with Gasteiger partial charge in [-0.25, -0.2) is 14.3 Å². The van der Waals surface area contributed by atoms with Crippen molar-refractivity contribution in [2.45, 2.75) is 46.2 Å². The minimum atomic E-state index is -0.950. The van der Waals surface area contributed by atoms with Crippen LogP contribution < -0.4 is 5.69 Å². The van der Waals surface area contributed by atoms with Gasteiger partial charge < -0.3 is 5.11 Å². The molecular weight excluding hydrogens is 378 g/mol. The summed E-state index contributed by atoms with van der Waals surface area (Å²) in [6.45, 7) is 5.09. The van der Waals surface area contributed by atoms with Gasteiger partial charge >= 0.3 is 11.7 Å². The zero-order valence-electron chi connectivity index (χ0n) is 17.4. The van der Waals surface area contributed by atoms with Crippen molar-refractivity contribution in [3.8, 4) is 11.1 Å². The molecule has 0 amide bonds. The van der Waals surface area contributed by atoms with E-state index in [4.69, 9.17) is 0 Å². The number of carboxylic acids is 1. The average Bonchev–Trinajstić information content (AvgIpc) is 3.05. The van der Waals surface area contributed by atoms with Crippen LogP contribution >= 0.6 is 0 Å². The smallest absolute Gasteiger partial charge is 0.346 e. The summed E-state index contributed by atoms with van der Waals surface area (Å²) in [5.41, 5.74) is 2.65. The Kier molecular flexibility index (Phi) is 7.01. The quantitative estimate of drug-likeness (QED) is 0.536. The summed E-state index contributed by atoms with van der Waals surface area (Å²) >= 11 is 0. The van der Waals surface area contributed by atoms with Crippen molar-refractivity contribution in [1.82, 2.24) is 14.3 Å². The number of carboxylic acid groups (broad SMARTS) is 1. The Labute approximate surface area is 176 Å². The molecule has 0 spiro atoms. The lowest BCUT2D eigenvalue weighted by Crippen LogP contribution is -2.26. The number of aromatic carboxylic acids is 1. The molecule has 3 aromatic rings. The van der Waals surface area contributed by atoms with Gasteiger partial charge in [0.25, 0.3) is 0 Å². The highest BCUT2D eigenvalue weighted by Crippen LogP contribution is 2.24. The zero-order chi connectivity index (χ0) is 21.5. The lowest BCUT2D eigenvalue weighted by atomic mass is 9.99. The first-order valence-electron chi connectivity index (χ1n) is 10.2. The number of nitrogens with zero attached hydrogens (tertiary/aromatic N) is 3. The fourth-order valence-electron chi connectivity index (χ4n) is 3.37. The Balaban J connectivity index is 1.89. The van der Waals surface area contributed by atoms with Crippen LogP contribution in [0.4, 0.5) is 0 Å². The first-order valence-corrected chi connectivity index (χ1v) is 10.2. The van der Waals surface area contributed by atoms with Crippen LogP contribution in [0, 0.1) is 0 Å². The van der Waals surface area contributed by atoms with Crippen LogP contribution in [-0.4, -0.2) is 25.4 Å². The summed E-state index contributed by atoms with van der Waals surface area (Å²) in [6, 6.07) is 14.6. The van der Waals surface area contributed by atoms with Gasteiger partial charge in [-0.2, -0.15) is 5.10 Å². The van der Waals surface area contributed by atoms with Crippen LogP contribution in [0.1, 0.15) is 48.4 Å². The Morgan fingerprint density at radius 2 is 1.87 bits per heavy atom. The third kappa shape index (κ3) is 4.76. The minimum absolute atomic E-state index is 0.0942. The van der Waals surface area contributed by atoms with Gasteiger partial charge in [0.05, 0.1) is 12.1 Å². The largest absolute Gasteiger partial charge is 0.478 e. The van der Waals surface area contributed by atoms with Gasteiger partial charge in [-0.1, -0.05) is 68.0 Å². The molecule has 6 nitrogen and oxygen atoms in total. The maximum Gasteiger partial charge on any atom is 0.346 e. The Morgan fingerprint density at radius 3 is 2.53 bits per heavy atom. The molecule has 0 aliphatic rings. The van der Waals surface area contributed by atoms with Gasteiger partial charge in [0.1, 0.15) is 5.82 Å². The summed E-state index contributed by atoms with van der Waals surface area (Å²) in [6.07, 6.45) is 6.47. The molecule has 0 bridgehead atoms. The standard InChI is InChI=1S/C24H27N3O3/c1-3-5-11-22-25-27(16-6-4-2)24(30)26(22)17-18-12-14-19(15-13-18)20-9-7-8-10-21(20)23(28)29/h3,5,7-10,12-15H,4,6,11,16-17H2,1-2H3,(H,28,29). The zero-order valence-corrected chi connectivity index (χ0v) is 17.4. The highest BCUT2D eigenvalue weighted by atomic mass is 16.4. The molecule has 6 heteroatoms. The third-order valence-corrected chi connectivity index (χ3v) is 5.02. The number of allylic oxidation sites excluding steroid dienone is 2. The molecule has 1 aromatic heterocycles. The number of hydrogen-bond acceptors (Lipinski definition) is 3. The lowest BCUT2D eigenvalue weighted by Gasteiger charge is -2.08. The van der Waals surface area contributed by atoms with E-state index in [0.29, 0.717) is 25.1 Å². The Bertz CT molecular complexity index is 1090. The van der Waals surface area contributed by atoms with Gasteiger partial charge in [-0.05, 0) is 36.1 Å². The average molecular weight is 405 g/mol. The summed E-state index contributed by atoms with van der Waals surface area (Å²) in [7, 11) is 0. The van der Waals surface area contributed by atoms with Crippen LogP contribution in [0.5, 0.6) is 0 Å². The van der Waals surface area contributed by atoms with Gasteiger partial charge in [0.15, 0.2) is 0 Å². The second kappa shape index (κ2) is 9.87. The highest BCUT2D eigenvalue weighted by Gasteiger charge is 2.14. The molecule has 0 saturated carbocycles. The van der Waals surface area contributed by atoms with E-state index in [0.717, 1.165) is 29.8 Å². The maximum absolute atomic E-state index is 12.8. The molecule has 0 saturated heterocycles. The second-order valence-corrected chi connectivity index (χ2v) is 7.18. The van der Waals surface area contributed by atoms with Crippen LogP contribution in [-0.2, 0) is 19.5 Å². The molecule has 1 N–H and O–H groups in total. The molecule has 0 unspecified atom stereocenters. The van der Waals surface area contributed by atoms with E-state index in [1.165, 1.54) is 0 Å². The highest BCUT2D eigenvalue weighted by molar-refractivity contribution is 5.95. The predicted molar refractivity (Wildman–Crippen MR) is 118 cm³/mol. The minimum Gasteiger partial charge on any atom is -0.478 e. The fourth-order valence-corrected chi connectivity index (χ4v) is 3.37. The van der Waals surface area contributed by atoms with E-state index in [-0.39, 0.29) is 11.3 Å². The van der Waals surface area contributed by atoms with Crippen molar-refractivity contribution >= 4 is 5.97 Å². The Hall–Kier alpha value is -3.41. The van der Waals surface area contributed by atoms with Crippen LogP contribution in [0.3, 0.4) is 0 Å². The molecule has 0 aliphatic carbocycles. The monoisotopic (exact) mass is 405 g/mol. The van der Waals surface area contributed by atoms with Crippen molar-refractivity contribution in [2.24, 2.45) is 0 Å². The molecule has 0 fully saturated rings. The maximum atomic E-state index is 12.8. The van der Waals surface area contributed by atoms with Gasteiger partial charge in [0.2, 0.25) is 0 Å². The van der Waals surface area contributed by atoms with E-state index in [2.05, 4.69) is 12.0 Å². The SMILES string of the molecule is CC=CCc1nn(CCCC)c(=O)n1Cc1ccc(-c2ccccc2C(=O)O)cc1. The second-order valence-electron chi connectivity index (χ2n) is 7.18. The molecule has 1 heterocycles. The van der Waals surface area contributed by atoms with E-state index in [1.54, 1.807) is 27.4 Å². The fraction of sp³-hybridized carbons (Fsp3) is 0.292. The van der Waals surface area contributed by atoms with Gasteiger partial charge in [-0.15, -0.1) is 0 Å². The number of rotatable bonds is 9. The number of aromatic nitrogens is 3. The molecule has 0 radical (unpaired) electrons. The number of unbranched alkanes of at least 4 members (excludes halogenated alkanes) is 1. The first-order chi connectivity index (χ1) is 14.5. The number of aryl methyl sites for hydroxylation is 1.